The zero-order valence-corrected chi connectivity index (χ0v) is 14.4. The molecule has 1 aromatic carbocycles. The minimum Gasteiger partial charge on any atom is -0.367 e. The lowest BCUT2D eigenvalue weighted by Gasteiger charge is -2.47. The second kappa shape index (κ2) is 6.28. The summed E-state index contributed by atoms with van der Waals surface area (Å²) < 4.78 is 44.4. The van der Waals surface area contributed by atoms with Crippen LogP contribution in [0.5, 0.6) is 0 Å². The average Bonchev–Trinajstić information content (AvgIpc) is 2.64. The van der Waals surface area contributed by atoms with Gasteiger partial charge in [-0.25, -0.2) is 4.99 Å². The highest BCUT2D eigenvalue weighted by atomic mass is 19.4. The predicted octanol–water partition coefficient (Wildman–Crippen LogP) is 2.82. The van der Waals surface area contributed by atoms with E-state index in [9.17, 15) is 13.2 Å². The number of benzene rings is 1. The molecule has 3 fully saturated rings. The van der Waals surface area contributed by atoms with Gasteiger partial charge in [0.15, 0.2) is 0 Å². The monoisotopic (exact) mass is 366 g/mol. The van der Waals surface area contributed by atoms with Gasteiger partial charge in [0.2, 0.25) is 5.96 Å². The molecule has 0 spiro atoms. The van der Waals surface area contributed by atoms with Crippen LogP contribution in [0.4, 0.5) is 18.9 Å². The summed E-state index contributed by atoms with van der Waals surface area (Å²) in [5.41, 5.74) is 0.970. The number of halogens is 3. The molecule has 140 valence electrons. The molecule has 2 atom stereocenters. The van der Waals surface area contributed by atoms with Crippen molar-refractivity contribution in [3.05, 3.63) is 41.6 Å². The lowest BCUT2D eigenvalue weighted by Crippen LogP contribution is -2.57. The molecule has 0 amide bonds. The number of piperidine rings is 1. The summed E-state index contributed by atoms with van der Waals surface area (Å²) in [4.78, 5) is 5.37. The maximum Gasteiger partial charge on any atom is 0.415 e. The molecule has 2 unspecified atom stereocenters. The van der Waals surface area contributed by atoms with Gasteiger partial charge in [0.05, 0.1) is 18.7 Å². The third-order valence-electron chi connectivity index (χ3n) is 5.28. The predicted molar refractivity (Wildman–Crippen MR) is 92.9 cm³/mol. The molecular weight excluding hydrogens is 345 g/mol. The van der Waals surface area contributed by atoms with E-state index in [1.165, 1.54) is 4.90 Å². The minimum absolute atomic E-state index is 0.225. The first-order chi connectivity index (χ1) is 12.4. The van der Waals surface area contributed by atoms with E-state index in [1.54, 1.807) is 7.05 Å². The Morgan fingerprint density at radius 3 is 2.62 bits per heavy atom. The maximum absolute atomic E-state index is 12.8. The van der Waals surface area contributed by atoms with Crippen LogP contribution in [0, 0.1) is 0 Å². The Kier molecular flexibility index (Phi) is 4.19. The van der Waals surface area contributed by atoms with Crippen LogP contribution in [0.1, 0.15) is 18.4 Å². The van der Waals surface area contributed by atoms with E-state index in [0.29, 0.717) is 12.0 Å². The second-order valence-electron chi connectivity index (χ2n) is 7.09. The fraction of sp³-hybridized carbons (Fsp3) is 0.500. The molecule has 3 saturated heterocycles. The van der Waals surface area contributed by atoms with E-state index < -0.39 is 11.7 Å². The van der Waals surface area contributed by atoms with Gasteiger partial charge in [-0.05, 0) is 30.5 Å². The summed E-state index contributed by atoms with van der Waals surface area (Å²) in [5.74, 6) is 0.389. The summed E-state index contributed by atoms with van der Waals surface area (Å²) in [5, 5.41) is 6.58. The van der Waals surface area contributed by atoms with Crippen molar-refractivity contribution in [3.63, 3.8) is 0 Å². The minimum atomic E-state index is -4.35. The fourth-order valence-corrected chi connectivity index (χ4v) is 3.65. The highest BCUT2D eigenvalue weighted by Crippen LogP contribution is 2.38. The number of nitrogens with one attached hydrogen (secondary N) is 2. The van der Waals surface area contributed by atoms with Gasteiger partial charge in [0.25, 0.3) is 0 Å². The van der Waals surface area contributed by atoms with Crippen LogP contribution < -0.4 is 10.6 Å². The van der Waals surface area contributed by atoms with Crippen molar-refractivity contribution in [2.75, 3.05) is 32.1 Å². The molecule has 4 aliphatic heterocycles. The van der Waals surface area contributed by atoms with Gasteiger partial charge in [-0.3, -0.25) is 0 Å². The first kappa shape index (κ1) is 17.4. The summed E-state index contributed by atoms with van der Waals surface area (Å²) in [6.45, 7) is 1.32. The molecule has 5 nitrogen and oxygen atoms in total. The molecule has 0 aromatic heterocycles. The van der Waals surface area contributed by atoms with Gasteiger partial charge in [0, 0.05) is 31.5 Å². The number of guanidine groups is 1. The zero-order valence-electron chi connectivity index (χ0n) is 14.4. The van der Waals surface area contributed by atoms with Crippen LogP contribution in [0.15, 0.2) is 41.0 Å². The van der Waals surface area contributed by atoms with E-state index in [0.717, 1.165) is 43.4 Å². The van der Waals surface area contributed by atoms with Gasteiger partial charge >= 0.3 is 6.18 Å². The number of alkyl halides is 3. The van der Waals surface area contributed by atoms with Crippen molar-refractivity contribution in [1.82, 2.24) is 10.2 Å². The average molecular weight is 366 g/mol. The summed E-state index contributed by atoms with van der Waals surface area (Å²) in [6.07, 6.45) is -1.36. The summed E-state index contributed by atoms with van der Waals surface area (Å²) in [6, 6.07) is 8.31. The topological polar surface area (TPSA) is 48.9 Å². The molecule has 0 saturated carbocycles. The van der Waals surface area contributed by atoms with E-state index in [1.807, 2.05) is 24.3 Å². The number of rotatable bonds is 2. The van der Waals surface area contributed by atoms with Crippen molar-refractivity contribution in [2.45, 2.75) is 30.7 Å². The van der Waals surface area contributed by atoms with Crippen molar-refractivity contribution in [3.8, 4) is 0 Å². The zero-order chi connectivity index (χ0) is 18.4. The number of hydrogen-bond acceptors (Lipinski definition) is 5. The largest absolute Gasteiger partial charge is 0.415 e. The fourth-order valence-electron chi connectivity index (χ4n) is 3.65. The highest BCUT2D eigenvalue weighted by molar-refractivity contribution is 5.94. The molecule has 4 aliphatic rings. The van der Waals surface area contributed by atoms with Crippen molar-refractivity contribution in [2.24, 2.45) is 4.99 Å². The number of ether oxygens (including phenoxy) is 1. The Bertz CT molecular complexity index is 720. The van der Waals surface area contributed by atoms with Gasteiger partial charge in [-0.2, -0.15) is 13.2 Å². The van der Waals surface area contributed by atoms with E-state index >= 15 is 0 Å². The maximum atomic E-state index is 12.8. The summed E-state index contributed by atoms with van der Waals surface area (Å²) >= 11 is 0. The molecule has 5 rings (SSSR count). The third kappa shape index (κ3) is 3.19. The molecular formula is C18H21F3N4O. The number of nitrogens with zero attached hydrogens (tertiary/aromatic N) is 2. The molecule has 0 aliphatic carbocycles. The van der Waals surface area contributed by atoms with Crippen LogP contribution in [-0.4, -0.2) is 49.8 Å². The van der Waals surface area contributed by atoms with Crippen molar-refractivity contribution < 1.29 is 17.9 Å². The summed E-state index contributed by atoms with van der Waals surface area (Å²) in [7, 11) is 1.58. The first-order valence-corrected chi connectivity index (χ1v) is 8.66. The highest BCUT2D eigenvalue weighted by Gasteiger charge is 2.42. The van der Waals surface area contributed by atoms with Crippen molar-refractivity contribution >= 4 is 11.6 Å². The van der Waals surface area contributed by atoms with Gasteiger partial charge in [-0.1, -0.05) is 12.1 Å². The number of hydrogen-bond donors (Lipinski definition) is 2. The number of aliphatic imine (C=N–C) groups is 1. The van der Waals surface area contributed by atoms with Crippen molar-refractivity contribution in [1.29, 1.82) is 0 Å². The van der Waals surface area contributed by atoms with E-state index in [4.69, 9.17) is 4.74 Å². The molecule has 8 heteroatoms. The Balaban J connectivity index is 1.48. The lowest BCUT2D eigenvalue weighted by atomic mass is 9.81. The molecule has 1 aromatic rings. The Morgan fingerprint density at radius 1 is 1.31 bits per heavy atom. The third-order valence-corrected chi connectivity index (χ3v) is 5.28. The Morgan fingerprint density at radius 2 is 2.08 bits per heavy atom. The molecule has 2 N–H and O–H groups in total. The molecule has 0 radical (unpaired) electrons. The standard InChI is InChI=1S/C18H21F3N4O/c1-25-9-13(18(19,20)21)8-22-16(25)24-14-4-2-12(3-5-14)17-7-6-15(10-26-17)23-11-17/h2-5,8,15,23H,6-7,9-11H2,1H3,(H,22,24). The number of morpholine rings is 1. The molecule has 2 bridgehead atoms. The quantitative estimate of drug-likeness (QED) is 0.845. The van der Waals surface area contributed by atoms with Gasteiger partial charge in [0.1, 0.15) is 5.60 Å². The molecule has 26 heavy (non-hydrogen) atoms. The number of fused-ring (bicyclic) bond motifs is 3. The van der Waals surface area contributed by atoms with Crippen LogP contribution in [0.25, 0.3) is 0 Å². The first-order valence-electron chi connectivity index (χ1n) is 8.66. The van der Waals surface area contributed by atoms with Crippen LogP contribution >= 0.6 is 0 Å². The van der Waals surface area contributed by atoms with Crippen LogP contribution in [-0.2, 0) is 10.3 Å². The molecule has 4 heterocycles. The van der Waals surface area contributed by atoms with Crippen LogP contribution in [0.2, 0.25) is 0 Å². The smallest absolute Gasteiger partial charge is 0.367 e. The number of anilines is 1. The normalized spacial score (nSPS) is 28.6. The second-order valence-corrected chi connectivity index (χ2v) is 7.09. The Hall–Kier alpha value is -2.06. The SMILES string of the molecule is CN1CC(C(F)(F)F)=CN=C1Nc1ccc(C23CCC(CO2)NC3)cc1. The van der Waals surface area contributed by atoms with Gasteiger partial charge < -0.3 is 20.3 Å². The van der Waals surface area contributed by atoms with Crippen LogP contribution in [0.3, 0.4) is 0 Å². The lowest BCUT2D eigenvalue weighted by molar-refractivity contribution is -0.129. The number of likely N-dealkylation sites (N-methyl/N-ethyl adjacent to an activating group) is 1. The van der Waals surface area contributed by atoms with Gasteiger partial charge in [-0.15, -0.1) is 0 Å². The van der Waals surface area contributed by atoms with E-state index in [2.05, 4.69) is 15.6 Å². The van der Waals surface area contributed by atoms with E-state index in [-0.39, 0.29) is 12.1 Å². The Labute approximate surface area is 149 Å².